The predicted molar refractivity (Wildman–Crippen MR) is 102 cm³/mol. The van der Waals surface area contributed by atoms with Gasteiger partial charge in [0.1, 0.15) is 0 Å². The number of benzene rings is 2. The molecule has 2 aromatic carbocycles. The van der Waals surface area contributed by atoms with Crippen LogP contribution in [0, 0.1) is 13.8 Å². The molecule has 0 fully saturated rings. The quantitative estimate of drug-likeness (QED) is 0.754. The fourth-order valence-corrected chi connectivity index (χ4v) is 3.19. The van der Waals surface area contributed by atoms with Crippen molar-refractivity contribution < 1.29 is 4.79 Å². The Morgan fingerprint density at radius 3 is 2.38 bits per heavy atom. The van der Waals surface area contributed by atoms with Gasteiger partial charge in [0, 0.05) is 6.54 Å². The first kappa shape index (κ1) is 19.1. The number of amides is 1. The Labute approximate surface area is 157 Å². The van der Waals surface area contributed by atoms with Crippen molar-refractivity contribution in [3.05, 3.63) is 62.1 Å². The van der Waals surface area contributed by atoms with E-state index in [-0.39, 0.29) is 12.5 Å². The highest BCUT2D eigenvalue weighted by Crippen LogP contribution is 2.27. The average molecular weight is 386 g/mol. The lowest BCUT2D eigenvalue weighted by Gasteiger charge is -2.18. The van der Waals surface area contributed by atoms with Gasteiger partial charge in [-0.3, -0.25) is 9.69 Å². The van der Waals surface area contributed by atoms with Gasteiger partial charge in [-0.1, -0.05) is 46.9 Å². The summed E-state index contributed by atoms with van der Waals surface area (Å²) in [5, 5.41) is 4.46. The van der Waals surface area contributed by atoms with Crippen LogP contribution in [0.1, 0.15) is 16.7 Å². The molecular formula is C18H19Cl3N2O. The summed E-state index contributed by atoms with van der Waals surface area (Å²) in [5.74, 6) is -0.119. The van der Waals surface area contributed by atoms with Crippen LogP contribution in [0.2, 0.25) is 15.1 Å². The maximum absolute atomic E-state index is 12.3. The summed E-state index contributed by atoms with van der Waals surface area (Å²) >= 11 is 18.1. The Morgan fingerprint density at radius 2 is 1.75 bits per heavy atom. The molecule has 1 amide bonds. The van der Waals surface area contributed by atoms with Crippen LogP contribution in [0.4, 0.5) is 5.69 Å². The second kappa shape index (κ2) is 8.21. The van der Waals surface area contributed by atoms with Gasteiger partial charge in [0.05, 0.1) is 27.3 Å². The lowest BCUT2D eigenvalue weighted by molar-refractivity contribution is -0.117. The summed E-state index contributed by atoms with van der Waals surface area (Å²) in [4.78, 5) is 14.2. The minimum Gasteiger partial charge on any atom is -0.323 e. The van der Waals surface area contributed by atoms with E-state index in [0.717, 1.165) is 16.7 Å². The first-order chi connectivity index (χ1) is 11.3. The molecule has 0 heterocycles. The largest absolute Gasteiger partial charge is 0.323 e. The maximum atomic E-state index is 12.3. The molecule has 0 bridgehead atoms. The maximum Gasteiger partial charge on any atom is 0.238 e. The number of nitrogens with one attached hydrogen (secondary N) is 1. The Kier molecular flexibility index (Phi) is 6.53. The number of nitrogens with zero attached hydrogens (tertiary/aromatic N) is 1. The van der Waals surface area contributed by atoms with Gasteiger partial charge in [0.2, 0.25) is 5.91 Å². The van der Waals surface area contributed by atoms with E-state index in [0.29, 0.717) is 27.3 Å². The van der Waals surface area contributed by atoms with E-state index < -0.39 is 0 Å². The van der Waals surface area contributed by atoms with Gasteiger partial charge in [-0.25, -0.2) is 0 Å². The molecule has 0 saturated carbocycles. The van der Waals surface area contributed by atoms with Crippen LogP contribution in [0.15, 0.2) is 30.3 Å². The normalized spacial score (nSPS) is 11.0. The Morgan fingerprint density at radius 1 is 1.04 bits per heavy atom. The van der Waals surface area contributed by atoms with Gasteiger partial charge in [-0.05, 0) is 55.8 Å². The molecule has 6 heteroatoms. The highest BCUT2D eigenvalue weighted by molar-refractivity contribution is 6.42. The number of aryl methyl sites for hydroxylation is 2. The van der Waals surface area contributed by atoms with Crippen molar-refractivity contribution in [3.63, 3.8) is 0 Å². The third-order valence-corrected chi connectivity index (χ3v) is 4.58. The number of anilines is 1. The first-order valence-corrected chi connectivity index (χ1v) is 8.58. The zero-order valence-corrected chi connectivity index (χ0v) is 16.1. The van der Waals surface area contributed by atoms with Crippen molar-refractivity contribution in [1.82, 2.24) is 4.90 Å². The minimum atomic E-state index is -0.119. The molecule has 0 saturated heterocycles. The van der Waals surface area contributed by atoms with Crippen LogP contribution < -0.4 is 5.32 Å². The van der Waals surface area contributed by atoms with Crippen LogP contribution in [0.5, 0.6) is 0 Å². The summed E-state index contributed by atoms with van der Waals surface area (Å²) in [5.41, 5.74) is 3.66. The number of hydrogen-bond acceptors (Lipinski definition) is 2. The zero-order valence-electron chi connectivity index (χ0n) is 13.8. The zero-order chi connectivity index (χ0) is 17.9. The van der Waals surface area contributed by atoms with Crippen molar-refractivity contribution in [2.24, 2.45) is 0 Å². The first-order valence-electron chi connectivity index (χ1n) is 7.45. The minimum absolute atomic E-state index is 0.119. The highest BCUT2D eigenvalue weighted by atomic mass is 35.5. The van der Waals surface area contributed by atoms with E-state index in [2.05, 4.69) is 5.32 Å². The molecule has 3 nitrogen and oxygen atoms in total. The molecule has 0 aliphatic carbocycles. The Balaban J connectivity index is 1.98. The van der Waals surface area contributed by atoms with Gasteiger partial charge in [-0.15, -0.1) is 0 Å². The van der Waals surface area contributed by atoms with Gasteiger partial charge in [0.15, 0.2) is 0 Å². The molecule has 2 aromatic rings. The molecule has 128 valence electrons. The Bertz CT molecular complexity index is 739. The number of carbonyl (C=O) groups excluding carboxylic acids is 1. The van der Waals surface area contributed by atoms with Gasteiger partial charge < -0.3 is 5.32 Å². The van der Waals surface area contributed by atoms with E-state index in [1.807, 2.05) is 44.0 Å². The van der Waals surface area contributed by atoms with Crippen LogP contribution in [-0.2, 0) is 11.3 Å². The third kappa shape index (κ3) is 5.12. The number of carbonyl (C=O) groups is 1. The molecule has 0 aromatic heterocycles. The lowest BCUT2D eigenvalue weighted by atomic mass is 10.1. The third-order valence-electron chi connectivity index (χ3n) is 3.55. The Hall–Kier alpha value is -1.26. The number of hydrogen-bond donors (Lipinski definition) is 1. The van der Waals surface area contributed by atoms with Crippen LogP contribution in [0.3, 0.4) is 0 Å². The van der Waals surface area contributed by atoms with E-state index in [1.54, 1.807) is 12.1 Å². The molecule has 24 heavy (non-hydrogen) atoms. The summed E-state index contributed by atoms with van der Waals surface area (Å²) in [6.45, 7) is 4.72. The topological polar surface area (TPSA) is 32.3 Å². The molecule has 0 aliphatic heterocycles. The van der Waals surface area contributed by atoms with Gasteiger partial charge in [-0.2, -0.15) is 0 Å². The van der Waals surface area contributed by atoms with E-state index in [9.17, 15) is 4.79 Å². The van der Waals surface area contributed by atoms with Crippen molar-refractivity contribution in [2.45, 2.75) is 20.4 Å². The van der Waals surface area contributed by atoms with Crippen molar-refractivity contribution in [2.75, 3.05) is 18.9 Å². The smallest absolute Gasteiger partial charge is 0.238 e. The predicted octanol–water partition coefficient (Wildman–Crippen LogP) is 5.33. The number of likely N-dealkylation sites (N-methyl/N-ethyl adjacent to an activating group) is 1. The molecule has 0 spiro atoms. The number of halogens is 3. The SMILES string of the molecule is Cc1cc(C)c(NC(=O)CN(C)Cc2ccc(Cl)c(Cl)c2)c(Cl)c1. The average Bonchev–Trinajstić information content (AvgIpc) is 2.46. The van der Waals surface area contributed by atoms with E-state index >= 15 is 0 Å². The summed E-state index contributed by atoms with van der Waals surface area (Å²) < 4.78 is 0. The van der Waals surface area contributed by atoms with Gasteiger partial charge >= 0.3 is 0 Å². The fourth-order valence-electron chi connectivity index (χ4n) is 2.50. The summed E-state index contributed by atoms with van der Waals surface area (Å²) in [6.07, 6.45) is 0. The standard InChI is InChI=1S/C18H19Cl3N2O/c1-11-6-12(2)18(16(21)7-11)22-17(24)10-23(3)9-13-4-5-14(19)15(20)8-13/h4-8H,9-10H2,1-3H3,(H,22,24). The van der Waals surface area contributed by atoms with Crippen LogP contribution in [0.25, 0.3) is 0 Å². The molecule has 0 unspecified atom stereocenters. The molecular weight excluding hydrogens is 367 g/mol. The molecule has 0 aliphatic rings. The molecule has 1 N–H and O–H groups in total. The van der Waals surface area contributed by atoms with Crippen LogP contribution in [-0.4, -0.2) is 24.4 Å². The molecule has 0 radical (unpaired) electrons. The monoisotopic (exact) mass is 384 g/mol. The second-order valence-corrected chi connectivity index (χ2v) is 7.13. The molecule has 0 atom stereocenters. The number of rotatable bonds is 5. The molecule has 2 rings (SSSR count). The fraction of sp³-hybridized carbons (Fsp3) is 0.278. The van der Waals surface area contributed by atoms with Crippen molar-refractivity contribution >= 4 is 46.4 Å². The summed E-state index contributed by atoms with van der Waals surface area (Å²) in [7, 11) is 1.87. The van der Waals surface area contributed by atoms with Crippen molar-refractivity contribution in [3.8, 4) is 0 Å². The highest BCUT2D eigenvalue weighted by Gasteiger charge is 2.12. The second-order valence-electron chi connectivity index (χ2n) is 5.91. The van der Waals surface area contributed by atoms with E-state index in [1.165, 1.54) is 0 Å². The summed E-state index contributed by atoms with van der Waals surface area (Å²) in [6, 6.07) is 9.27. The van der Waals surface area contributed by atoms with Crippen molar-refractivity contribution in [1.29, 1.82) is 0 Å². The lowest BCUT2D eigenvalue weighted by Crippen LogP contribution is -2.30. The van der Waals surface area contributed by atoms with Crippen LogP contribution >= 0.6 is 34.8 Å². The van der Waals surface area contributed by atoms with E-state index in [4.69, 9.17) is 34.8 Å². The van der Waals surface area contributed by atoms with Gasteiger partial charge in [0.25, 0.3) is 0 Å².